The van der Waals surface area contributed by atoms with E-state index in [9.17, 15) is 9.90 Å². The number of amides is 1. The Hall–Kier alpha value is -3.91. The number of hydrogen-bond acceptors (Lipinski definition) is 6. The van der Waals surface area contributed by atoms with Crippen LogP contribution in [0.5, 0.6) is 11.5 Å². The number of para-hydroxylation sites is 1. The molecule has 0 aliphatic rings. The van der Waals surface area contributed by atoms with Crippen LogP contribution in [0.2, 0.25) is 0 Å². The zero-order valence-electron chi connectivity index (χ0n) is 17.3. The minimum absolute atomic E-state index is 0.0176. The molecule has 0 saturated carbocycles. The molecule has 7 nitrogen and oxygen atoms in total. The summed E-state index contributed by atoms with van der Waals surface area (Å²) in [5.41, 5.74) is 3.47. The van der Waals surface area contributed by atoms with Gasteiger partial charge in [0.25, 0.3) is 5.91 Å². The minimum atomic E-state index is -0.393. The highest BCUT2D eigenvalue weighted by atomic mass is 32.1. The molecule has 4 rings (SSSR count). The van der Waals surface area contributed by atoms with Gasteiger partial charge in [-0.25, -0.2) is 4.98 Å². The van der Waals surface area contributed by atoms with E-state index in [0.717, 1.165) is 17.5 Å². The standard InChI is InChI=1S/C24H21N3O4S/c1-2-15-8-11-21-19(12-15)26-23(31-21)18-13-16(9-10-20(18)28)25-24(32)27-22(29)14-30-17-6-4-3-5-7-17/h3-13,28H,2,14H2,1H3,(H2,25,27,29,32). The molecule has 0 aliphatic heterocycles. The predicted molar refractivity (Wildman–Crippen MR) is 127 cm³/mol. The third-order valence-corrected chi connectivity index (χ3v) is 4.92. The number of carbonyl (C=O) groups is 1. The van der Waals surface area contributed by atoms with Crippen LogP contribution in [0.15, 0.2) is 71.1 Å². The first-order valence-electron chi connectivity index (χ1n) is 10.0. The minimum Gasteiger partial charge on any atom is -0.507 e. The van der Waals surface area contributed by atoms with Gasteiger partial charge in [0.2, 0.25) is 5.89 Å². The maximum atomic E-state index is 12.1. The van der Waals surface area contributed by atoms with Gasteiger partial charge in [-0.2, -0.15) is 0 Å². The number of aryl methyl sites for hydroxylation is 1. The fourth-order valence-corrected chi connectivity index (χ4v) is 3.32. The number of rotatable bonds is 6. The maximum absolute atomic E-state index is 12.1. The number of aromatic hydroxyl groups is 1. The molecule has 162 valence electrons. The fraction of sp³-hybridized carbons (Fsp3) is 0.125. The van der Waals surface area contributed by atoms with E-state index >= 15 is 0 Å². The van der Waals surface area contributed by atoms with Crippen LogP contribution in [-0.2, 0) is 11.2 Å². The van der Waals surface area contributed by atoms with Gasteiger partial charge in [0, 0.05) is 5.69 Å². The molecular formula is C24H21N3O4S. The summed E-state index contributed by atoms with van der Waals surface area (Å²) in [6.07, 6.45) is 0.891. The zero-order valence-corrected chi connectivity index (χ0v) is 18.1. The quantitative estimate of drug-likeness (QED) is 0.292. The summed E-state index contributed by atoms with van der Waals surface area (Å²) in [7, 11) is 0. The van der Waals surface area contributed by atoms with Crippen molar-refractivity contribution in [3.8, 4) is 23.0 Å². The number of nitrogens with one attached hydrogen (secondary N) is 2. The molecule has 4 aromatic rings. The average Bonchev–Trinajstić information content (AvgIpc) is 3.22. The summed E-state index contributed by atoms with van der Waals surface area (Å²) in [6, 6.07) is 19.6. The van der Waals surface area contributed by atoms with Crippen molar-refractivity contribution in [3.05, 3.63) is 72.3 Å². The number of phenolic OH excluding ortho intramolecular Hbond substituents is 1. The van der Waals surface area contributed by atoms with Crippen molar-refractivity contribution >= 4 is 40.0 Å². The number of aromatic nitrogens is 1. The number of phenols is 1. The third kappa shape index (κ3) is 5.04. The van der Waals surface area contributed by atoms with Crippen molar-refractivity contribution in [1.82, 2.24) is 10.3 Å². The monoisotopic (exact) mass is 447 g/mol. The predicted octanol–water partition coefficient (Wildman–Crippen LogP) is 4.65. The van der Waals surface area contributed by atoms with Gasteiger partial charge >= 0.3 is 0 Å². The summed E-state index contributed by atoms with van der Waals surface area (Å²) >= 11 is 5.22. The van der Waals surface area contributed by atoms with Crippen LogP contribution in [-0.4, -0.2) is 27.7 Å². The molecule has 0 saturated heterocycles. The van der Waals surface area contributed by atoms with Gasteiger partial charge in [0.1, 0.15) is 17.0 Å². The van der Waals surface area contributed by atoms with E-state index in [1.54, 1.807) is 24.3 Å². The molecule has 0 radical (unpaired) electrons. The van der Waals surface area contributed by atoms with E-state index < -0.39 is 5.91 Å². The van der Waals surface area contributed by atoms with Crippen molar-refractivity contribution in [3.63, 3.8) is 0 Å². The number of anilines is 1. The van der Waals surface area contributed by atoms with Crippen LogP contribution in [0.3, 0.4) is 0 Å². The normalized spacial score (nSPS) is 10.7. The zero-order chi connectivity index (χ0) is 22.5. The lowest BCUT2D eigenvalue weighted by Crippen LogP contribution is -2.37. The van der Waals surface area contributed by atoms with Gasteiger partial charge in [0.05, 0.1) is 5.56 Å². The molecule has 3 aromatic carbocycles. The number of ether oxygens (including phenoxy) is 1. The second-order valence-electron chi connectivity index (χ2n) is 7.01. The number of oxazole rings is 1. The Morgan fingerprint density at radius 3 is 2.72 bits per heavy atom. The molecule has 0 fully saturated rings. The first-order chi connectivity index (χ1) is 15.5. The lowest BCUT2D eigenvalue weighted by atomic mass is 10.1. The Labute approximate surface area is 190 Å². The highest BCUT2D eigenvalue weighted by Crippen LogP contribution is 2.33. The van der Waals surface area contributed by atoms with Crippen molar-refractivity contribution in [2.24, 2.45) is 0 Å². The highest BCUT2D eigenvalue weighted by molar-refractivity contribution is 7.80. The summed E-state index contributed by atoms with van der Waals surface area (Å²) in [5, 5.41) is 15.9. The fourth-order valence-electron chi connectivity index (χ4n) is 3.08. The lowest BCUT2D eigenvalue weighted by Gasteiger charge is -2.11. The van der Waals surface area contributed by atoms with Crippen molar-refractivity contribution in [2.75, 3.05) is 11.9 Å². The van der Waals surface area contributed by atoms with Gasteiger partial charge in [-0.15, -0.1) is 0 Å². The number of hydrogen-bond donors (Lipinski definition) is 3. The Morgan fingerprint density at radius 1 is 1.12 bits per heavy atom. The maximum Gasteiger partial charge on any atom is 0.264 e. The number of thiocarbonyl (C=S) groups is 1. The molecule has 0 unspecified atom stereocenters. The summed E-state index contributed by atoms with van der Waals surface area (Å²) < 4.78 is 11.2. The molecule has 1 aromatic heterocycles. The molecule has 1 amide bonds. The Morgan fingerprint density at radius 2 is 1.94 bits per heavy atom. The molecule has 0 bridgehead atoms. The molecule has 8 heteroatoms. The Balaban J connectivity index is 1.43. The number of fused-ring (bicyclic) bond motifs is 1. The average molecular weight is 448 g/mol. The Bertz CT molecular complexity index is 1270. The second-order valence-corrected chi connectivity index (χ2v) is 7.42. The second kappa shape index (κ2) is 9.49. The van der Waals surface area contributed by atoms with Gasteiger partial charge < -0.3 is 19.6 Å². The molecular weight excluding hydrogens is 426 g/mol. The van der Waals surface area contributed by atoms with Crippen LogP contribution >= 0.6 is 12.2 Å². The van der Waals surface area contributed by atoms with Crippen LogP contribution < -0.4 is 15.4 Å². The largest absolute Gasteiger partial charge is 0.507 e. The molecule has 0 atom stereocenters. The van der Waals surface area contributed by atoms with Crippen molar-refractivity contribution in [1.29, 1.82) is 0 Å². The van der Waals surface area contributed by atoms with Crippen molar-refractivity contribution in [2.45, 2.75) is 13.3 Å². The van der Waals surface area contributed by atoms with Gasteiger partial charge in [0.15, 0.2) is 17.3 Å². The van der Waals surface area contributed by atoms with Gasteiger partial charge in [-0.05, 0) is 66.7 Å². The number of nitrogens with zero attached hydrogens (tertiary/aromatic N) is 1. The molecule has 0 aliphatic carbocycles. The summed E-state index contributed by atoms with van der Waals surface area (Å²) in [4.78, 5) is 16.6. The van der Waals surface area contributed by atoms with E-state index in [0.29, 0.717) is 28.5 Å². The third-order valence-electron chi connectivity index (χ3n) is 4.71. The summed E-state index contributed by atoms with van der Waals surface area (Å²) in [5.74, 6) is 0.509. The van der Waals surface area contributed by atoms with Crippen LogP contribution in [0, 0.1) is 0 Å². The van der Waals surface area contributed by atoms with E-state index in [1.165, 1.54) is 6.07 Å². The first-order valence-corrected chi connectivity index (χ1v) is 10.4. The molecule has 1 heterocycles. The smallest absolute Gasteiger partial charge is 0.264 e. The number of carbonyl (C=O) groups excluding carboxylic acids is 1. The van der Waals surface area contributed by atoms with Gasteiger partial charge in [-0.3, -0.25) is 10.1 Å². The van der Waals surface area contributed by atoms with E-state index in [1.807, 2.05) is 36.4 Å². The first kappa shape index (κ1) is 21.3. The van der Waals surface area contributed by atoms with Crippen LogP contribution in [0.4, 0.5) is 5.69 Å². The molecule has 32 heavy (non-hydrogen) atoms. The molecule has 3 N–H and O–H groups in total. The Kier molecular flexibility index (Phi) is 6.32. The topological polar surface area (TPSA) is 96.6 Å². The molecule has 0 spiro atoms. The number of benzene rings is 3. The summed E-state index contributed by atoms with van der Waals surface area (Å²) in [6.45, 7) is 1.90. The van der Waals surface area contributed by atoms with Crippen LogP contribution in [0.1, 0.15) is 12.5 Å². The van der Waals surface area contributed by atoms with E-state index in [4.69, 9.17) is 21.4 Å². The highest BCUT2D eigenvalue weighted by Gasteiger charge is 2.14. The lowest BCUT2D eigenvalue weighted by molar-refractivity contribution is -0.121. The van der Waals surface area contributed by atoms with Crippen LogP contribution in [0.25, 0.3) is 22.6 Å². The van der Waals surface area contributed by atoms with E-state index in [-0.39, 0.29) is 17.5 Å². The van der Waals surface area contributed by atoms with Crippen molar-refractivity contribution < 1.29 is 19.1 Å². The SMILES string of the molecule is CCc1ccc2oc(-c3cc(NC(=S)NC(=O)COc4ccccc4)ccc3O)nc2c1. The van der Waals surface area contributed by atoms with Gasteiger partial charge in [-0.1, -0.05) is 31.2 Å². The van der Waals surface area contributed by atoms with E-state index in [2.05, 4.69) is 22.5 Å².